The van der Waals surface area contributed by atoms with Gasteiger partial charge in [-0.1, -0.05) is 6.92 Å². The lowest BCUT2D eigenvalue weighted by Gasteiger charge is -2.38. The van der Waals surface area contributed by atoms with Crippen molar-refractivity contribution in [3.05, 3.63) is 16.2 Å². The van der Waals surface area contributed by atoms with Gasteiger partial charge in [0.1, 0.15) is 10.6 Å². The van der Waals surface area contributed by atoms with Crippen molar-refractivity contribution >= 4 is 50.7 Å². The summed E-state index contributed by atoms with van der Waals surface area (Å²) < 4.78 is 0.256. The molecule has 0 bridgehead atoms. The van der Waals surface area contributed by atoms with Crippen LogP contribution in [0.4, 0.5) is 5.82 Å². The van der Waals surface area contributed by atoms with Gasteiger partial charge in [-0.3, -0.25) is 0 Å². The summed E-state index contributed by atoms with van der Waals surface area (Å²) in [5.41, 5.74) is 0. The molecule has 3 rings (SSSR count). The third kappa shape index (κ3) is 2.76. The number of nitrogens with zero attached hydrogens (tertiary/aromatic N) is 3. The van der Waals surface area contributed by atoms with Crippen molar-refractivity contribution in [2.45, 2.75) is 31.9 Å². The van der Waals surface area contributed by atoms with Gasteiger partial charge in [-0.25, -0.2) is 4.98 Å². The van der Waals surface area contributed by atoms with Gasteiger partial charge in [0.05, 0.1) is 5.39 Å². The van der Waals surface area contributed by atoms with Crippen LogP contribution in [0.3, 0.4) is 0 Å². The molecule has 0 atom stereocenters. The molecule has 3 heterocycles. The van der Waals surface area contributed by atoms with Gasteiger partial charge in [-0.15, -0.1) is 11.3 Å². The molecule has 1 saturated heterocycles. The number of rotatable bonds is 2. The molecule has 0 spiro atoms. The SMILES string of the molecule is CCc1cc2c(N3CCSC(C)(C)C3)nc(Cl)nc2s1. The number of thiophene rings is 1. The molecule has 1 fully saturated rings. The molecule has 0 saturated carbocycles. The molecule has 20 heavy (non-hydrogen) atoms. The number of anilines is 1. The van der Waals surface area contributed by atoms with E-state index >= 15 is 0 Å². The second-order valence-electron chi connectivity index (χ2n) is 5.63. The fourth-order valence-electron chi connectivity index (χ4n) is 2.54. The minimum absolute atomic E-state index is 0.256. The molecule has 6 heteroatoms. The highest BCUT2D eigenvalue weighted by atomic mass is 35.5. The minimum Gasteiger partial charge on any atom is -0.354 e. The zero-order valence-electron chi connectivity index (χ0n) is 11.9. The zero-order valence-corrected chi connectivity index (χ0v) is 14.3. The molecule has 1 aliphatic rings. The minimum atomic E-state index is 0.256. The average molecular weight is 328 g/mol. The number of hydrogen-bond acceptors (Lipinski definition) is 5. The maximum absolute atomic E-state index is 6.12. The molecule has 1 aliphatic heterocycles. The lowest BCUT2D eigenvalue weighted by atomic mass is 10.1. The number of aromatic nitrogens is 2. The Bertz CT molecular complexity index is 639. The third-order valence-corrected chi connectivity index (χ3v) is 6.11. The number of hydrogen-bond donors (Lipinski definition) is 0. The van der Waals surface area contributed by atoms with E-state index in [0.717, 1.165) is 41.3 Å². The van der Waals surface area contributed by atoms with Crippen molar-refractivity contribution in [3.63, 3.8) is 0 Å². The van der Waals surface area contributed by atoms with Gasteiger partial charge in [0.2, 0.25) is 5.28 Å². The second-order valence-corrected chi connectivity index (χ2v) is 8.89. The number of thioether (sulfide) groups is 1. The van der Waals surface area contributed by atoms with Crippen LogP contribution in [0.25, 0.3) is 10.2 Å². The Hall–Kier alpha value is -0.520. The second kappa shape index (κ2) is 5.35. The molecular formula is C14H18ClN3S2. The summed E-state index contributed by atoms with van der Waals surface area (Å²) in [7, 11) is 0. The normalized spacial score (nSPS) is 18.7. The van der Waals surface area contributed by atoms with E-state index in [1.807, 2.05) is 11.8 Å². The van der Waals surface area contributed by atoms with Crippen molar-refractivity contribution in [2.24, 2.45) is 0 Å². The van der Waals surface area contributed by atoms with Crippen LogP contribution in [0.15, 0.2) is 6.07 Å². The standard InChI is InChI=1S/C14H18ClN3S2/c1-4-9-7-10-11(16-13(15)17-12(10)20-9)18-5-6-19-14(2,3)8-18/h7H,4-6,8H2,1-3H3. The first-order chi connectivity index (χ1) is 9.48. The summed E-state index contributed by atoms with van der Waals surface area (Å²) in [6, 6.07) is 2.22. The molecule has 3 nitrogen and oxygen atoms in total. The van der Waals surface area contributed by atoms with Crippen LogP contribution in [-0.2, 0) is 6.42 Å². The molecule has 0 N–H and O–H groups in total. The maximum Gasteiger partial charge on any atom is 0.225 e. The molecule has 108 valence electrons. The van der Waals surface area contributed by atoms with E-state index in [2.05, 4.69) is 41.7 Å². The van der Waals surface area contributed by atoms with Crippen molar-refractivity contribution in [1.82, 2.24) is 9.97 Å². The van der Waals surface area contributed by atoms with Gasteiger partial charge in [0, 0.05) is 28.5 Å². The summed E-state index contributed by atoms with van der Waals surface area (Å²) in [6.07, 6.45) is 1.03. The van der Waals surface area contributed by atoms with Crippen LogP contribution in [-0.4, -0.2) is 33.6 Å². The summed E-state index contributed by atoms with van der Waals surface area (Å²) in [4.78, 5) is 13.6. The first-order valence-electron chi connectivity index (χ1n) is 6.83. The maximum atomic E-state index is 6.12. The van der Waals surface area contributed by atoms with Gasteiger partial charge in [0.15, 0.2) is 0 Å². The fraction of sp³-hybridized carbons (Fsp3) is 0.571. The van der Waals surface area contributed by atoms with Gasteiger partial charge < -0.3 is 4.90 Å². The first kappa shape index (κ1) is 14.4. The highest BCUT2D eigenvalue weighted by molar-refractivity contribution is 8.00. The molecule has 0 aromatic carbocycles. The van der Waals surface area contributed by atoms with E-state index in [4.69, 9.17) is 11.6 Å². The number of halogens is 1. The summed E-state index contributed by atoms with van der Waals surface area (Å²) in [5.74, 6) is 2.13. The quantitative estimate of drug-likeness (QED) is 0.771. The predicted molar refractivity (Wildman–Crippen MR) is 90.6 cm³/mol. The van der Waals surface area contributed by atoms with E-state index in [9.17, 15) is 0 Å². The average Bonchev–Trinajstić information content (AvgIpc) is 2.79. The van der Waals surface area contributed by atoms with Gasteiger partial charge in [-0.05, 0) is 37.9 Å². The Morgan fingerprint density at radius 1 is 1.40 bits per heavy atom. The Balaban J connectivity index is 2.07. The number of aryl methyl sites for hydroxylation is 1. The van der Waals surface area contributed by atoms with Crippen molar-refractivity contribution in [3.8, 4) is 0 Å². The summed E-state index contributed by atoms with van der Waals surface area (Å²) in [5, 5.41) is 1.51. The van der Waals surface area contributed by atoms with Gasteiger partial charge >= 0.3 is 0 Å². The largest absolute Gasteiger partial charge is 0.354 e. The molecule has 0 radical (unpaired) electrons. The fourth-order valence-corrected chi connectivity index (χ4v) is 4.83. The van der Waals surface area contributed by atoms with E-state index in [-0.39, 0.29) is 4.75 Å². The van der Waals surface area contributed by atoms with Crippen molar-refractivity contribution < 1.29 is 0 Å². The van der Waals surface area contributed by atoms with Crippen molar-refractivity contribution in [1.29, 1.82) is 0 Å². The van der Waals surface area contributed by atoms with Gasteiger partial charge in [0.25, 0.3) is 0 Å². The Morgan fingerprint density at radius 3 is 2.90 bits per heavy atom. The van der Waals surface area contributed by atoms with Crippen LogP contribution < -0.4 is 4.90 Å². The highest BCUT2D eigenvalue weighted by Gasteiger charge is 2.29. The lowest BCUT2D eigenvalue weighted by Crippen LogP contribution is -2.43. The van der Waals surface area contributed by atoms with Gasteiger partial charge in [-0.2, -0.15) is 16.7 Å². The Kier molecular flexibility index (Phi) is 3.86. The van der Waals surface area contributed by atoms with Crippen LogP contribution in [0, 0.1) is 0 Å². The van der Waals surface area contributed by atoms with Crippen LogP contribution in [0.2, 0.25) is 5.28 Å². The lowest BCUT2D eigenvalue weighted by molar-refractivity contribution is 0.643. The predicted octanol–water partition coefficient (Wildman–Crippen LogP) is 4.24. The van der Waals surface area contributed by atoms with Crippen LogP contribution >= 0.6 is 34.7 Å². The molecular weight excluding hydrogens is 310 g/mol. The van der Waals surface area contributed by atoms with E-state index < -0.39 is 0 Å². The van der Waals surface area contributed by atoms with E-state index in [0.29, 0.717) is 5.28 Å². The third-order valence-electron chi connectivity index (χ3n) is 3.47. The molecule has 2 aromatic rings. The topological polar surface area (TPSA) is 29.0 Å². The zero-order chi connectivity index (χ0) is 14.3. The monoisotopic (exact) mass is 327 g/mol. The smallest absolute Gasteiger partial charge is 0.225 e. The van der Waals surface area contributed by atoms with E-state index in [1.165, 1.54) is 4.88 Å². The molecule has 0 aliphatic carbocycles. The highest BCUT2D eigenvalue weighted by Crippen LogP contribution is 2.36. The molecule has 0 unspecified atom stereocenters. The van der Waals surface area contributed by atoms with Crippen LogP contribution in [0.5, 0.6) is 0 Å². The van der Waals surface area contributed by atoms with E-state index in [1.54, 1.807) is 11.3 Å². The summed E-state index contributed by atoms with van der Waals surface area (Å²) >= 11 is 9.86. The number of fused-ring (bicyclic) bond motifs is 1. The van der Waals surface area contributed by atoms with Crippen molar-refractivity contribution in [2.75, 3.05) is 23.7 Å². The first-order valence-corrected chi connectivity index (χ1v) is 9.01. The Morgan fingerprint density at radius 2 is 2.20 bits per heavy atom. The molecule has 0 amide bonds. The molecule has 2 aromatic heterocycles. The Labute approximate surface area is 132 Å². The van der Waals surface area contributed by atoms with Crippen LogP contribution in [0.1, 0.15) is 25.6 Å². The summed E-state index contributed by atoms with van der Waals surface area (Å²) in [6.45, 7) is 8.76.